The standard InChI is InChI=1S/C13H16N2O3/c1-9(17)13(14-8-16)7-11-3-5-12(6-4-11)15-10(2)18/h3-6,8,13H,7H2,1-2H3,(H,14,16)(H,15,18). The van der Waals surface area contributed by atoms with Crippen LogP contribution >= 0.6 is 0 Å². The highest BCUT2D eigenvalue weighted by Crippen LogP contribution is 2.11. The van der Waals surface area contributed by atoms with Gasteiger partial charge in [-0.05, 0) is 31.0 Å². The molecule has 0 aliphatic rings. The first-order valence-electron chi connectivity index (χ1n) is 5.59. The fourth-order valence-corrected chi connectivity index (χ4v) is 1.57. The minimum Gasteiger partial charge on any atom is -0.349 e. The zero-order valence-corrected chi connectivity index (χ0v) is 10.4. The van der Waals surface area contributed by atoms with E-state index >= 15 is 0 Å². The number of carbonyl (C=O) groups excluding carboxylic acids is 3. The van der Waals surface area contributed by atoms with Crippen molar-refractivity contribution in [3.63, 3.8) is 0 Å². The number of benzene rings is 1. The van der Waals surface area contributed by atoms with Crippen molar-refractivity contribution >= 4 is 23.8 Å². The number of nitrogens with one attached hydrogen (secondary N) is 2. The second kappa shape index (κ2) is 6.54. The average molecular weight is 248 g/mol. The maximum Gasteiger partial charge on any atom is 0.221 e. The maximum absolute atomic E-state index is 11.3. The Bertz CT molecular complexity index is 440. The van der Waals surface area contributed by atoms with E-state index in [0.29, 0.717) is 18.5 Å². The zero-order chi connectivity index (χ0) is 13.5. The lowest BCUT2D eigenvalue weighted by Crippen LogP contribution is -2.36. The number of anilines is 1. The van der Waals surface area contributed by atoms with Crippen molar-refractivity contribution in [3.8, 4) is 0 Å². The number of amides is 2. The fraction of sp³-hybridized carbons (Fsp3) is 0.308. The van der Waals surface area contributed by atoms with E-state index in [1.807, 2.05) is 12.1 Å². The minimum absolute atomic E-state index is 0.0898. The molecule has 96 valence electrons. The third-order valence-electron chi connectivity index (χ3n) is 2.47. The van der Waals surface area contributed by atoms with Gasteiger partial charge in [-0.3, -0.25) is 14.4 Å². The third kappa shape index (κ3) is 4.37. The molecule has 0 bridgehead atoms. The van der Waals surface area contributed by atoms with Crippen molar-refractivity contribution in [2.45, 2.75) is 26.3 Å². The Morgan fingerprint density at radius 2 is 1.83 bits per heavy atom. The minimum atomic E-state index is -0.505. The first-order valence-corrected chi connectivity index (χ1v) is 5.59. The molecule has 0 radical (unpaired) electrons. The highest BCUT2D eigenvalue weighted by Gasteiger charge is 2.13. The molecule has 0 saturated heterocycles. The molecular formula is C13H16N2O3. The number of ketones is 1. The van der Waals surface area contributed by atoms with Crippen molar-refractivity contribution in [1.29, 1.82) is 0 Å². The van der Waals surface area contributed by atoms with Gasteiger partial charge in [0.15, 0.2) is 5.78 Å². The third-order valence-corrected chi connectivity index (χ3v) is 2.47. The van der Waals surface area contributed by atoms with Gasteiger partial charge in [-0.1, -0.05) is 12.1 Å². The fourth-order valence-electron chi connectivity index (χ4n) is 1.57. The molecule has 0 aromatic heterocycles. The molecule has 1 unspecified atom stereocenters. The van der Waals surface area contributed by atoms with E-state index in [9.17, 15) is 14.4 Å². The van der Waals surface area contributed by atoms with E-state index in [0.717, 1.165) is 5.56 Å². The monoisotopic (exact) mass is 248 g/mol. The number of rotatable bonds is 6. The summed E-state index contributed by atoms with van der Waals surface area (Å²) in [4.78, 5) is 32.5. The van der Waals surface area contributed by atoms with Crippen LogP contribution in [0.25, 0.3) is 0 Å². The number of Topliss-reactive ketones (excluding diaryl/α,β-unsaturated/α-hetero) is 1. The van der Waals surface area contributed by atoms with Gasteiger partial charge in [0.25, 0.3) is 0 Å². The highest BCUT2D eigenvalue weighted by molar-refractivity contribution is 5.88. The van der Waals surface area contributed by atoms with Crippen LogP contribution in [0, 0.1) is 0 Å². The number of hydrogen-bond donors (Lipinski definition) is 2. The van der Waals surface area contributed by atoms with E-state index < -0.39 is 6.04 Å². The summed E-state index contributed by atoms with van der Waals surface area (Å²) in [6, 6.07) is 6.64. The van der Waals surface area contributed by atoms with Crippen LogP contribution in [-0.2, 0) is 20.8 Å². The van der Waals surface area contributed by atoms with Gasteiger partial charge in [0, 0.05) is 12.6 Å². The Morgan fingerprint density at radius 3 is 2.28 bits per heavy atom. The van der Waals surface area contributed by atoms with Crippen LogP contribution in [0.2, 0.25) is 0 Å². The zero-order valence-electron chi connectivity index (χ0n) is 10.4. The maximum atomic E-state index is 11.3. The lowest BCUT2D eigenvalue weighted by molar-refractivity contribution is -0.121. The number of carbonyl (C=O) groups is 3. The smallest absolute Gasteiger partial charge is 0.221 e. The largest absolute Gasteiger partial charge is 0.349 e. The molecule has 2 amide bonds. The van der Waals surface area contributed by atoms with E-state index in [4.69, 9.17) is 0 Å². The second-order valence-electron chi connectivity index (χ2n) is 4.03. The summed E-state index contributed by atoms with van der Waals surface area (Å²) in [6.07, 6.45) is 0.964. The van der Waals surface area contributed by atoms with Crippen LogP contribution < -0.4 is 10.6 Å². The lowest BCUT2D eigenvalue weighted by atomic mass is 10.0. The highest BCUT2D eigenvalue weighted by atomic mass is 16.1. The topological polar surface area (TPSA) is 75.3 Å². The van der Waals surface area contributed by atoms with Gasteiger partial charge in [0.05, 0.1) is 6.04 Å². The first-order chi connectivity index (χ1) is 8.52. The molecule has 18 heavy (non-hydrogen) atoms. The molecule has 5 heteroatoms. The van der Waals surface area contributed by atoms with Crippen molar-refractivity contribution < 1.29 is 14.4 Å². The van der Waals surface area contributed by atoms with Gasteiger partial charge in [-0.15, -0.1) is 0 Å². The number of hydrogen-bond acceptors (Lipinski definition) is 3. The van der Waals surface area contributed by atoms with Crippen LogP contribution in [0.1, 0.15) is 19.4 Å². The van der Waals surface area contributed by atoms with Crippen molar-refractivity contribution in [3.05, 3.63) is 29.8 Å². The van der Waals surface area contributed by atoms with Crippen molar-refractivity contribution in [2.24, 2.45) is 0 Å². The van der Waals surface area contributed by atoms with Gasteiger partial charge < -0.3 is 10.6 Å². The van der Waals surface area contributed by atoms with Crippen LogP contribution in [-0.4, -0.2) is 24.1 Å². The van der Waals surface area contributed by atoms with Crippen LogP contribution in [0.15, 0.2) is 24.3 Å². The van der Waals surface area contributed by atoms with Gasteiger partial charge in [-0.2, -0.15) is 0 Å². The van der Waals surface area contributed by atoms with E-state index in [2.05, 4.69) is 10.6 Å². The Labute approximate surface area is 106 Å². The molecule has 1 atom stereocenters. The summed E-state index contributed by atoms with van der Waals surface area (Å²) < 4.78 is 0. The summed E-state index contributed by atoms with van der Waals surface area (Å²) in [5.74, 6) is -0.222. The molecule has 5 nitrogen and oxygen atoms in total. The normalized spacial score (nSPS) is 11.4. The predicted octanol–water partition coefficient (Wildman–Crippen LogP) is 0.891. The summed E-state index contributed by atoms with van der Waals surface area (Å²) in [5, 5.41) is 5.13. The van der Waals surface area contributed by atoms with Crippen LogP contribution in [0.4, 0.5) is 5.69 Å². The van der Waals surface area contributed by atoms with Gasteiger partial charge in [0.1, 0.15) is 0 Å². The van der Waals surface area contributed by atoms with Crippen molar-refractivity contribution in [1.82, 2.24) is 5.32 Å². The molecule has 2 N–H and O–H groups in total. The Kier molecular flexibility index (Phi) is 5.05. The molecular weight excluding hydrogens is 232 g/mol. The quantitative estimate of drug-likeness (QED) is 0.734. The average Bonchev–Trinajstić information content (AvgIpc) is 2.30. The molecule has 0 fully saturated rings. The molecule has 0 heterocycles. The Balaban J connectivity index is 2.69. The Morgan fingerprint density at radius 1 is 1.22 bits per heavy atom. The molecule has 0 aliphatic heterocycles. The van der Waals surface area contributed by atoms with Gasteiger partial charge >= 0.3 is 0 Å². The predicted molar refractivity (Wildman–Crippen MR) is 68.1 cm³/mol. The van der Waals surface area contributed by atoms with Gasteiger partial charge in [0.2, 0.25) is 12.3 Å². The lowest BCUT2D eigenvalue weighted by Gasteiger charge is -2.12. The molecule has 0 saturated carbocycles. The summed E-state index contributed by atoms with van der Waals surface area (Å²) in [6.45, 7) is 2.88. The van der Waals surface area contributed by atoms with E-state index in [1.54, 1.807) is 12.1 Å². The summed E-state index contributed by atoms with van der Waals surface area (Å²) in [5.41, 5.74) is 1.62. The van der Waals surface area contributed by atoms with Crippen molar-refractivity contribution in [2.75, 3.05) is 5.32 Å². The summed E-state index contributed by atoms with van der Waals surface area (Å²) >= 11 is 0. The van der Waals surface area contributed by atoms with Crippen LogP contribution in [0.5, 0.6) is 0 Å². The molecule has 1 aromatic carbocycles. The van der Waals surface area contributed by atoms with E-state index in [-0.39, 0.29) is 11.7 Å². The molecule has 0 spiro atoms. The molecule has 1 rings (SSSR count). The Hall–Kier alpha value is -2.17. The SMILES string of the molecule is CC(=O)Nc1ccc(CC(NC=O)C(C)=O)cc1. The van der Waals surface area contributed by atoms with Gasteiger partial charge in [-0.25, -0.2) is 0 Å². The summed E-state index contributed by atoms with van der Waals surface area (Å²) in [7, 11) is 0. The van der Waals surface area contributed by atoms with E-state index in [1.165, 1.54) is 13.8 Å². The molecule has 0 aliphatic carbocycles. The second-order valence-corrected chi connectivity index (χ2v) is 4.03. The van der Waals surface area contributed by atoms with Crippen LogP contribution in [0.3, 0.4) is 0 Å². The molecule has 1 aromatic rings. The first kappa shape index (κ1) is 13.9.